The summed E-state index contributed by atoms with van der Waals surface area (Å²) in [5, 5.41) is 3.33. The largest absolute Gasteiger partial charge is 0.370 e. The average molecular weight is 261 g/mol. The Morgan fingerprint density at radius 2 is 2.26 bits per heavy atom. The molecule has 0 spiro atoms. The zero-order valence-corrected chi connectivity index (χ0v) is 11.7. The van der Waals surface area contributed by atoms with Crippen molar-refractivity contribution >= 4 is 11.7 Å². The lowest BCUT2D eigenvalue weighted by atomic mass is 10.2. The predicted octanol–water partition coefficient (Wildman–Crippen LogP) is 2.81. The van der Waals surface area contributed by atoms with Crippen LogP contribution in [-0.4, -0.2) is 28.9 Å². The zero-order chi connectivity index (χ0) is 13.5. The minimum absolute atomic E-state index is 0.280. The lowest BCUT2D eigenvalue weighted by Gasteiger charge is -2.22. The second-order valence-corrected chi connectivity index (χ2v) is 5.06. The molecule has 1 aromatic heterocycles. The highest BCUT2D eigenvalue weighted by Gasteiger charge is 2.17. The number of nitrogens with zero attached hydrogens (tertiary/aromatic N) is 2. The first-order valence-corrected chi connectivity index (χ1v) is 7.27. The first kappa shape index (κ1) is 13.8. The molecule has 0 bridgehead atoms. The minimum atomic E-state index is 0.280. The monoisotopic (exact) mass is 261 g/mol. The molecule has 1 aromatic rings. The number of carbonyl (C=O) groups is 1. The third-order valence-corrected chi connectivity index (χ3v) is 3.47. The summed E-state index contributed by atoms with van der Waals surface area (Å²) in [6.07, 6.45) is 6.87. The quantitative estimate of drug-likeness (QED) is 0.886. The Morgan fingerprint density at radius 1 is 1.37 bits per heavy atom. The van der Waals surface area contributed by atoms with Crippen molar-refractivity contribution in [1.82, 2.24) is 9.88 Å². The van der Waals surface area contributed by atoms with E-state index >= 15 is 0 Å². The van der Waals surface area contributed by atoms with Crippen LogP contribution in [-0.2, 0) is 11.3 Å². The maximum Gasteiger partial charge on any atom is 0.222 e. The number of aromatic nitrogens is 1. The fourth-order valence-corrected chi connectivity index (χ4v) is 2.38. The van der Waals surface area contributed by atoms with Crippen LogP contribution in [0.5, 0.6) is 0 Å². The number of hydrogen-bond acceptors (Lipinski definition) is 3. The molecule has 0 radical (unpaired) electrons. The predicted molar refractivity (Wildman–Crippen MR) is 76.9 cm³/mol. The van der Waals surface area contributed by atoms with Crippen molar-refractivity contribution in [3.63, 3.8) is 0 Å². The highest BCUT2D eigenvalue weighted by atomic mass is 16.2. The van der Waals surface area contributed by atoms with Crippen LogP contribution in [0.25, 0.3) is 0 Å². The molecule has 4 heteroatoms. The second-order valence-electron chi connectivity index (χ2n) is 5.06. The summed E-state index contributed by atoms with van der Waals surface area (Å²) >= 11 is 0. The Labute approximate surface area is 115 Å². The van der Waals surface area contributed by atoms with Gasteiger partial charge in [-0.3, -0.25) is 4.79 Å². The molecule has 2 heterocycles. The number of carbonyl (C=O) groups excluding carboxylic acids is 1. The fraction of sp³-hybridized carbons (Fsp3) is 0.600. The van der Waals surface area contributed by atoms with Crippen molar-refractivity contribution in [2.45, 2.75) is 45.6 Å². The van der Waals surface area contributed by atoms with E-state index in [-0.39, 0.29) is 5.91 Å². The van der Waals surface area contributed by atoms with E-state index in [2.05, 4.69) is 23.3 Å². The molecule has 0 unspecified atom stereocenters. The molecule has 19 heavy (non-hydrogen) atoms. The van der Waals surface area contributed by atoms with Crippen LogP contribution in [0.2, 0.25) is 0 Å². The summed E-state index contributed by atoms with van der Waals surface area (Å²) in [6.45, 7) is 4.60. The van der Waals surface area contributed by atoms with Gasteiger partial charge < -0.3 is 10.2 Å². The Balaban J connectivity index is 2.06. The van der Waals surface area contributed by atoms with Crippen molar-refractivity contribution in [3.8, 4) is 0 Å². The molecular formula is C15H23N3O. The molecule has 1 aliphatic heterocycles. The van der Waals surface area contributed by atoms with Crippen LogP contribution in [0.15, 0.2) is 18.3 Å². The van der Waals surface area contributed by atoms with Gasteiger partial charge in [-0.05, 0) is 25.3 Å². The number of nitrogens with one attached hydrogen (secondary N) is 1. The maximum atomic E-state index is 12.0. The van der Waals surface area contributed by atoms with E-state index < -0.39 is 0 Å². The molecule has 0 aliphatic carbocycles. The molecule has 1 aliphatic rings. The van der Waals surface area contributed by atoms with E-state index in [9.17, 15) is 4.79 Å². The molecular weight excluding hydrogens is 238 g/mol. The molecule has 1 amide bonds. The smallest absolute Gasteiger partial charge is 0.222 e. The van der Waals surface area contributed by atoms with E-state index in [0.29, 0.717) is 13.0 Å². The first-order valence-electron chi connectivity index (χ1n) is 7.27. The highest BCUT2D eigenvalue weighted by Crippen LogP contribution is 2.18. The minimum Gasteiger partial charge on any atom is -0.370 e. The van der Waals surface area contributed by atoms with Crippen molar-refractivity contribution in [2.24, 2.45) is 0 Å². The van der Waals surface area contributed by atoms with E-state index in [4.69, 9.17) is 0 Å². The highest BCUT2D eigenvalue weighted by molar-refractivity contribution is 5.76. The summed E-state index contributed by atoms with van der Waals surface area (Å²) in [7, 11) is 0. The van der Waals surface area contributed by atoms with Gasteiger partial charge in [0, 0.05) is 37.8 Å². The Hall–Kier alpha value is -1.58. The molecule has 1 N–H and O–H groups in total. The van der Waals surface area contributed by atoms with Gasteiger partial charge >= 0.3 is 0 Å². The summed E-state index contributed by atoms with van der Waals surface area (Å²) in [5.41, 5.74) is 1.12. The zero-order valence-electron chi connectivity index (χ0n) is 11.7. The number of rotatable bonds is 5. The van der Waals surface area contributed by atoms with Crippen molar-refractivity contribution in [3.05, 3.63) is 23.9 Å². The molecule has 0 saturated carbocycles. The molecule has 2 rings (SSSR count). The second kappa shape index (κ2) is 7.12. The lowest BCUT2D eigenvalue weighted by Crippen LogP contribution is -2.30. The third-order valence-electron chi connectivity index (χ3n) is 3.47. The first-order chi connectivity index (χ1) is 9.31. The van der Waals surface area contributed by atoms with Gasteiger partial charge in [0.25, 0.3) is 0 Å². The number of anilines is 1. The van der Waals surface area contributed by atoms with Crippen molar-refractivity contribution < 1.29 is 4.79 Å². The topological polar surface area (TPSA) is 45.2 Å². The van der Waals surface area contributed by atoms with E-state index in [1.54, 1.807) is 6.20 Å². The molecule has 0 atom stereocenters. The molecule has 1 saturated heterocycles. The SMILES string of the molecule is CCCNc1ncccc1CN1CCCCCC1=O. The number of amides is 1. The fourth-order valence-electron chi connectivity index (χ4n) is 2.38. The maximum absolute atomic E-state index is 12.0. The van der Waals surface area contributed by atoms with E-state index in [1.165, 1.54) is 0 Å². The van der Waals surface area contributed by atoms with Gasteiger partial charge in [-0.15, -0.1) is 0 Å². The molecule has 1 fully saturated rings. The van der Waals surface area contributed by atoms with Crippen LogP contribution in [0, 0.1) is 0 Å². The normalized spacial score (nSPS) is 16.3. The summed E-state index contributed by atoms with van der Waals surface area (Å²) in [6, 6.07) is 4.00. The van der Waals surface area contributed by atoms with Crippen LogP contribution in [0.1, 0.15) is 44.6 Å². The number of likely N-dealkylation sites (tertiary alicyclic amines) is 1. The Morgan fingerprint density at radius 3 is 3.11 bits per heavy atom. The van der Waals surface area contributed by atoms with Crippen molar-refractivity contribution in [1.29, 1.82) is 0 Å². The van der Waals surface area contributed by atoms with Gasteiger partial charge in [0.1, 0.15) is 5.82 Å². The molecule has 104 valence electrons. The van der Waals surface area contributed by atoms with Crippen LogP contribution in [0.3, 0.4) is 0 Å². The van der Waals surface area contributed by atoms with Gasteiger partial charge in [-0.25, -0.2) is 4.98 Å². The van der Waals surface area contributed by atoms with Crippen LogP contribution < -0.4 is 5.32 Å². The van der Waals surface area contributed by atoms with Gasteiger partial charge in [-0.1, -0.05) is 19.4 Å². The summed E-state index contributed by atoms with van der Waals surface area (Å²) in [4.78, 5) is 18.4. The number of pyridine rings is 1. The van der Waals surface area contributed by atoms with E-state index in [0.717, 1.165) is 50.2 Å². The van der Waals surface area contributed by atoms with Gasteiger partial charge in [-0.2, -0.15) is 0 Å². The standard InChI is InChI=1S/C15H23N3O/c1-2-9-16-15-13(7-6-10-17-15)12-18-11-5-3-4-8-14(18)19/h6-7,10H,2-5,8-9,11-12H2,1H3,(H,16,17). The Bertz CT molecular complexity index is 420. The van der Waals surface area contributed by atoms with Crippen molar-refractivity contribution in [2.75, 3.05) is 18.4 Å². The third kappa shape index (κ3) is 3.94. The summed E-state index contributed by atoms with van der Waals surface area (Å²) in [5.74, 6) is 1.20. The molecule has 4 nitrogen and oxygen atoms in total. The van der Waals surface area contributed by atoms with Gasteiger partial charge in [0.05, 0.1) is 0 Å². The summed E-state index contributed by atoms with van der Waals surface area (Å²) < 4.78 is 0. The van der Waals surface area contributed by atoms with Crippen LogP contribution in [0.4, 0.5) is 5.82 Å². The van der Waals surface area contributed by atoms with Crippen LogP contribution >= 0.6 is 0 Å². The number of hydrogen-bond donors (Lipinski definition) is 1. The Kier molecular flexibility index (Phi) is 5.19. The average Bonchev–Trinajstić information content (AvgIpc) is 2.63. The van der Waals surface area contributed by atoms with Gasteiger partial charge in [0.15, 0.2) is 0 Å². The molecule has 0 aromatic carbocycles. The van der Waals surface area contributed by atoms with Gasteiger partial charge in [0.2, 0.25) is 5.91 Å². The lowest BCUT2D eigenvalue weighted by molar-refractivity contribution is -0.131. The van der Waals surface area contributed by atoms with E-state index in [1.807, 2.05) is 11.0 Å².